The third-order valence-electron chi connectivity index (χ3n) is 10.5. The van der Waals surface area contributed by atoms with Gasteiger partial charge in [-0.3, -0.25) is 0 Å². The van der Waals surface area contributed by atoms with Crippen LogP contribution in [0.15, 0.2) is 18.2 Å². The van der Waals surface area contributed by atoms with Gasteiger partial charge < -0.3 is 14.9 Å². The molecule has 0 aliphatic rings. The molecular weight excluding hydrogens is 612 g/mol. The van der Waals surface area contributed by atoms with E-state index in [0.29, 0.717) is 11.8 Å². The second kappa shape index (κ2) is 29.4. The second-order valence-corrected chi connectivity index (χ2v) is 14.8. The minimum absolute atomic E-state index is 0.201. The van der Waals surface area contributed by atoms with Gasteiger partial charge in [-0.2, -0.15) is 0 Å². The van der Waals surface area contributed by atoms with E-state index in [-0.39, 0.29) is 12.2 Å². The van der Waals surface area contributed by atoms with E-state index in [1.807, 2.05) is 0 Å². The zero-order valence-electron chi connectivity index (χ0n) is 32.0. The average molecular weight is 687 g/mol. The monoisotopic (exact) mass is 687 g/mol. The van der Waals surface area contributed by atoms with Crippen LogP contribution in [0.4, 0.5) is 0 Å². The number of esters is 1. The van der Waals surface area contributed by atoms with E-state index in [4.69, 9.17) is 4.74 Å². The van der Waals surface area contributed by atoms with Gasteiger partial charge in [-0.15, -0.1) is 0 Å². The lowest BCUT2D eigenvalue weighted by molar-refractivity contribution is 0.0487. The van der Waals surface area contributed by atoms with E-state index in [1.54, 1.807) is 0 Å². The lowest BCUT2D eigenvalue weighted by Gasteiger charge is -2.35. The molecule has 0 aliphatic heterocycles. The first-order valence-electron chi connectivity index (χ1n) is 20.6. The number of hydrogen-bond acceptors (Lipinski definition) is 4. The van der Waals surface area contributed by atoms with Gasteiger partial charge in [0.15, 0.2) is 0 Å². The Labute approximate surface area is 300 Å². The molecule has 0 fully saturated rings. The molecular formula is C43H74O6. The van der Waals surface area contributed by atoms with E-state index in [0.717, 1.165) is 12.8 Å². The third kappa shape index (κ3) is 20.8. The van der Waals surface area contributed by atoms with E-state index >= 15 is 0 Å². The van der Waals surface area contributed by atoms with Crippen molar-refractivity contribution in [3.05, 3.63) is 34.9 Å². The number of carbonyl (C=O) groups is 3. The number of rotatable bonds is 34. The molecule has 0 heterocycles. The van der Waals surface area contributed by atoms with E-state index in [2.05, 4.69) is 20.8 Å². The topological polar surface area (TPSA) is 101 Å². The van der Waals surface area contributed by atoms with Crippen LogP contribution in [-0.4, -0.2) is 34.7 Å². The highest BCUT2D eigenvalue weighted by Gasteiger charge is 2.28. The molecule has 6 nitrogen and oxygen atoms in total. The maximum atomic E-state index is 12.5. The largest absolute Gasteiger partial charge is 0.478 e. The fourth-order valence-corrected chi connectivity index (χ4v) is 7.45. The molecule has 2 N–H and O–H groups in total. The van der Waals surface area contributed by atoms with Gasteiger partial charge in [-0.25, -0.2) is 14.4 Å². The van der Waals surface area contributed by atoms with Gasteiger partial charge in [0, 0.05) is 0 Å². The van der Waals surface area contributed by atoms with Crippen molar-refractivity contribution < 1.29 is 29.3 Å². The number of carboxylic acid groups (broad SMARTS) is 2. The first kappa shape index (κ1) is 44.7. The molecule has 1 aromatic carbocycles. The predicted molar refractivity (Wildman–Crippen MR) is 204 cm³/mol. The normalized spacial score (nSPS) is 11.6. The summed E-state index contributed by atoms with van der Waals surface area (Å²) < 4.78 is 5.32. The number of unbranched alkanes of at least 4 members (excludes halogenated alkanes) is 21. The van der Waals surface area contributed by atoms with Crippen LogP contribution >= 0.6 is 0 Å². The number of carbonyl (C=O) groups excluding carboxylic acids is 1. The van der Waals surface area contributed by atoms with Crippen LogP contribution in [-0.2, 0) is 4.74 Å². The lowest BCUT2D eigenvalue weighted by atomic mass is 9.70. The summed E-state index contributed by atoms with van der Waals surface area (Å²) in [6, 6.07) is 3.86. The smallest absolute Gasteiger partial charge is 0.339 e. The molecule has 0 atom stereocenters. The van der Waals surface area contributed by atoms with Gasteiger partial charge >= 0.3 is 17.9 Å². The Morgan fingerprint density at radius 3 is 1.20 bits per heavy atom. The minimum Gasteiger partial charge on any atom is -0.478 e. The molecule has 0 aliphatic carbocycles. The van der Waals surface area contributed by atoms with Crippen molar-refractivity contribution in [1.82, 2.24) is 0 Å². The van der Waals surface area contributed by atoms with Crippen LogP contribution in [0.25, 0.3) is 0 Å². The Balaban J connectivity index is 2.55. The fraction of sp³-hybridized carbons (Fsp3) is 0.791. The predicted octanol–water partition coefficient (Wildman–Crippen LogP) is 13.6. The SMILES string of the molecule is CCCCCCCCC(CCCCCCCC)(CCCCCCCC)CCCCCCCCCOC(=O)c1cccc(C(=O)O)c1C(=O)O. The molecule has 6 heteroatoms. The molecule has 1 aromatic rings. The zero-order valence-corrected chi connectivity index (χ0v) is 32.0. The standard InChI is InChI=1S/C43H74O6/c1-4-7-10-13-19-24-32-43(33-25-20-14-11-8-5-2,34-26-21-15-12-9-6-3)35-27-22-17-16-18-23-28-36-49-42(48)38-31-29-30-37(40(44)45)39(38)41(46)47/h29-31H,4-28,32-36H2,1-3H3,(H,44,45)(H,46,47). The van der Waals surface area contributed by atoms with Crippen molar-refractivity contribution in [2.75, 3.05) is 6.61 Å². The Kier molecular flexibility index (Phi) is 26.8. The molecule has 0 saturated heterocycles. The first-order valence-corrected chi connectivity index (χ1v) is 20.6. The van der Waals surface area contributed by atoms with Gasteiger partial charge in [-0.05, 0) is 49.7 Å². The Morgan fingerprint density at radius 1 is 0.490 bits per heavy atom. The van der Waals surface area contributed by atoms with Gasteiger partial charge in [0.25, 0.3) is 0 Å². The van der Waals surface area contributed by atoms with Crippen LogP contribution in [0, 0.1) is 5.41 Å². The van der Waals surface area contributed by atoms with Gasteiger partial charge in [-0.1, -0.05) is 181 Å². The summed E-state index contributed by atoms with van der Waals surface area (Å²) in [6.07, 6.45) is 38.4. The van der Waals surface area contributed by atoms with Gasteiger partial charge in [0.2, 0.25) is 0 Å². The summed E-state index contributed by atoms with van der Waals surface area (Å²) in [6.45, 7) is 7.11. The maximum Gasteiger partial charge on any atom is 0.339 e. The average Bonchev–Trinajstić information content (AvgIpc) is 3.09. The molecule has 0 aromatic heterocycles. The van der Waals surface area contributed by atoms with E-state index in [1.165, 1.54) is 185 Å². The third-order valence-corrected chi connectivity index (χ3v) is 10.5. The summed E-state index contributed by atoms with van der Waals surface area (Å²) >= 11 is 0. The van der Waals surface area contributed by atoms with Crippen molar-refractivity contribution in [1.29, 1.82) is 0 Å². The van der Waals surface area contributed by atoms with Crippen LogP contribution < -0.4 is 0 Å². The van der Waals surface area contributed by atoms with Crippen molar-refractivity contribution in [3.63, 3.8) is 0 Å². The second-order valence-electron chi connectivity index (χ2n) is 14.8. The summed E-state index contributed by atoms with van der Waals surface area (Å²) in [5.74, 6) is -3.62. The van der Waals surface area contributed by atoms with Crippen molar-refractivity contribution in [3.8, 4) is 0 Å². The Bertz CT molecular complexity index is 961. The highest BCUT2D eigenvalue weighted by molar-refractivity contribution is 6.09. The summed E-state index contributed by atoms with van der Waals surface area (Å²) in [5, 5.41) is 18.8. The minimum atomic E-state index is -1.45. The molecule has 282 valence electrons. The maximum absolute atomic E-state index is 12.5. The number of benzene rings is 1. The molecule has 1 rings (SSSR count). The van der Waals surface area contributed by atoms with Crippen molar-refractivity contribution in [2.45, 2.75) is 207 Å². The van der Waals surface area contributed by atoms with Gasteiger partial charge in [0.05, 0.1) is 23.3 Å². The summed E-state index contributed by atoms with van der Waals surface area (Å²) in [7, 11) is 0. The zero-order chi connectivity index (χ0) is 36.0. The van der Waals surface area contributed by atoms with Crippen LogP contribution in [0.2, 0.25) is 0 Å². The van der Waals surface area contributed by atoms with Crippen LogP contribution in [0.5, 0.6) is 0 Å². The molecule has 0 unspecified atom stereocenters. The number of aromatic carboxylic acids is 2. The number of carboxylic acids is 2. The van der Waals surface area contributed by atoms with Crippen molar-refractivity contribution >= 4 is 17.9 Å². The quantitative estimate of drug-likeness (QED) is 0.0553. The van der Waals surface area contributed by atoms with Gasteiger partial charge in [0.1, 0.15) is 0 Å². The molecule has 0 spiro atoms. The van der Waals surface area contributed by atoms with Crippen LogP contribution in [0.1, 0.15) is 238 Å². The number of hydrogen-bond donors (Lipinski definition) is 2. The molecule has 0 saturated carbocycles. The first-order chi connectivity index (χ1) is 23.8. The van der Waals surface area contributed by atoms with Crippen molar-refractivity contribution in [2.24, 2.45) is 5.41 Å². The lowest BCUT2D eigenvalue weighted by Crippen LogP contribution is -2.21. The fourth-order valence-electron chi connectivity index (χ4n) is 7.45. The Morgan fingerprint density at radius 2 is 0.837 bits per heavy atom. The summed E-state index contributed by atoms with van der Waals surface area (Å²) in [5.41, 5.74) is -0.608. The Hall–Kier alpha value is -2.37. The van der Waals surface area contributed by atoms with E-state index in [9.17, 15) is 24.6 Å². The van der Waals surface area contributed by atoms with E-state index < -0.39 is 29.0 Å². The highest BCUT2D eigenvalue weighted by Crippen LogP contribution is 2.42. The number of ether oxygens (including phenoxy) is 1. The molecule has 0 bridgehead atoms. The molecule has 0 amide bonds. The molecule has 0 radical (unpaired) electrons. The molecule has 49 heavy (non-hydrogen) atoms. The highest BCUT2D eigenvalue weighted by atomic mass is 16.5. The summed E-state index contributed by atoms with van der Waals surface area (Å²) in [4.78, 5) is 35.6. The van der Waals surface area contributed by atoms with Crippen LogP contribution in [0.3, 0.4) is 0 Å².